The summed E-state index contributed by atoms with van der Waals surface area (Å²) in [4.78, 5) is 22.0. The fourth-order valence-corrected chi connectivity index (χ4v) is 3.43. The minimum Gasteiger partial charge on any atom is -0.475 e. The van der Waals surface area contributed by atoms with Gasteiger partial charge in [0.05, 0.1) is 23.1 Å². The van der Waals surface area contributed by atoms with E-state index < -0.39 is 0 Å². The van der Waals surface area contributed by atoms with E-state index in [0.29, 0.717) is 18.1 Å². The molecule has 0 radical (unpaired) electrons. The Morgan fingerprint density at radius 1 is 1.33 bits per heavy atom. The fourth-order valence-electron chi connectivity index (χ4n) is 3.43. The topological polar surface area (TPSA) is 72.8 Å². The number of pyridine rings is 1. The molecule has 0 fully saturated rings. The van der Waals surface area contributed by atoms with Crippen LogP contribution in [0.1, 0.15) is 53.0 Å². The van der Waals surface area contributed by atoms with E-state index in [9.17, 15) is 4.79 Å². The lowest BCUT2D eigenvalue weighted by Gasteiger charge is -2.31. The van der Waals surface area contributed by atoms with Gasteiger partial charge in [0.2, 0.25) is 5.90 Å². The highest BCUT2D eigenvalue weighted by atomic mass is 16.5. The van der Waals surface area contributed by atoms with Crippen molar-refractivity contribution in [3.05, 3.63) is 52.6 Å². The lowest BCUT2D eigenvalue weighted by atomic mass is 9.81. The standard InChI is InChI=1S/C21H27N3O3/c1-12(2)27-20(25)17-14(4)23-13(3)16(19-24-21(5,6)11-26-19)18(17)15-8-7-9-22-10-15/h7-10,12,18,23H,11H2,1-6H3. The minimum atomic E-state index is -0.348. The van der Waals surface area contributed by atoms with Gasteiger partial charge in [-0.1, -0.05) is 6.07 Å². The molecule has 3 heterocycles. The molecule has 1 aromatic heterocycles. The first-order valence-electron chi connectivity index (χ1n) is 9.22. The first kappa shape index (κ1) is 19.1. The first-order chi connectivity index (χ1) is 12.7. The van der Waals surface area contributed by atoms with Gasteiger partial charge in [0.15, 0.2) is 0 Å². The maximum atomic E-state index is 13.0. The van der Waals surface area contributed by atoms with Crippen molar-refractivity contribution < 1.29 is 14.3 Å². The van der Waals surface area contributed by atoms with Crippen LogP contribution >= 0.6 is 0 Å². The first-order valence-corrected chi connectivity index (χ1v) is 9.22. The van der Waals surface area contributed by atoms with Crippen molar-refractivity contribution in [3.8, 4) is 0 Å². The van der Waals surface area contributed by atoms with Crippen LogP contribution in [-0.4, -0.2) is 35.1 Å². The van der Waals surface area contributed by atoms with Gasteiger partial charge in [0.25, 0.3) is 0 Å². The van der Waals surface area contributed by atoms with E-state index in [0.717, 1.165) is 22.5 Å². The van der Waals surface area contributed by atoms with E-state index in [1.165, 1.54) is 0 Å². The van der Waals surface area contributed by atoms with Crippen LogP contribution < -0.4 is 5.32 Å². The van der Waals surface area contributed by atoms with Gasteiger partial charge in [-0.15, -0.1) is 0 Å². The zero-order valence-corrected chi connectivity index (χ0v) is 16.8. The summed E-state index contributed by atoms with van der Waals surface area (Å²) in [5, 5.41) is 3.31. The molecule has 1 N–H and O–H groups in total. The smallest absolute Gasteiger partial charge is 0.337 e. The normalized spacial score (nSPS) is 21.7. The van der Waals surface area contributed by atoms with Crippen LogP contribution in [0.2, 0.25) is 0 Å². The van der Waals surface area contributed by atoms with Crippen LogP contribution in [0.5, 0.6) is 0 Å². The largest absolute Gasteiger partial charge is 0.475 e. The summed E-state index contributed by atoms with van der Waals surface area (Å²) in [6, 6.07) is 3.83. The van der Waals surface area contributed by atoms with E-state index in [2.05, 4.69) is 10.3 Å². The second-order valence-corrected chi connectivity index (χ2v) is 7.89. The number of esters is 1. The van der Waals surface area contributed by atoms with Crippen LogP contribution in [0.25, 0.3) is 0 Å². The number of aliphatic imine (C=N–C) groups is 1. The van der Waals surface area contributed by atoms with Gasteiger partial charge in [0, 0.05) is 29.4 Å². The van der Waals surface area contributed by atoms with Crippen molar-refractivity contribution >= 4 is 11.9 Å². The highest BCUT2D eigenvalue weighted by Crippen LogP contribution is 2.40. The maximum Gasteiger partial charge on any atom is 0.337 e. The number of nitrogens with zero attached hydrogens (tertiary/aromatic N) is 2. The molecule has 0 saturated heterocycles. The predicted octanol–water partition coefficient (Wildman–Crippen LogP) is 3.48. The Balaban J connectivity index is 2.14. The Bertz CT molecular complexity index is 835. The number of allylic oxidation sites excluding steroid dienone is 2. The third-order valence-electron chi connectivity index (χ3n) is 4.54. The summed E-state index contributed by atoms with van der Waals surface area (Å²) in [5.74, 6) is -0.119. The number of rotatable bonds is 4. The number of hydrogen-bond donors (Lipinski definition) is 1. The molecule has 27 heavy (non-hydrogen) atoms. The van der Waals surface area contributed by atoms with Gasteiger partial charge < -0.3 is 14.8 Å². The summed E-state index contributed by atoms with van der Waals surface area (Å²) in [5.41, 5.74) is 3.71. The molecule has 2 aliphatic heterocycles. The molecule has 0 spiro atoms. The van der Waals surface area contributed by atoms with Crippen LogP contribution in [-0.2, 0) is 14.3 Å². The molecule has 0 amide bonds. The van der Waals surface area contributed by atoms with Gasteiger partial charge in [-0.25, -0.2) is 9.79 Å². The van der Waals surface area contributed by atoms with E-state index in [4.69, 9.17) is 14.5 Å². The second kappa shape index (κ2) is 7.18. The SMILES string of the molecule is CC1=C(C(=O)OC(C)C)C(c2cccnc2)C(C2=NC(C)(C)CO2)=C(C)N1. The average molecular weight is 369 g/mol. The zero-order valence-electron chi connectivity index (χ0n) is 16.8. The van der Waals surface area contributed by atoms with Crippen molar-refractivity contribution in [3.63, 3.8) is 0 Å². The van der Waals surface area contributed by atoms with Crippen LogP contribution in [0.4, 0.5) is 0 Å². The van der Waals surface area contributed by atoms with Crippen molar-refractivity contribution in [1.29, 1.82) is 0 Å². The number of hydrogen-bond acceptors (Lipinski definition) is 6. The molecule has 0 aromatic carbocycles. The molecule has 0 saturated carbocycles. The molecular weight excluding hydrogens is 342 g/mol. The monoisotopic (exact) mass is 369 g/mol. The van der Waals surface area contributed by atoms with E-state index in [1.54, 1.807) is 12.4 Å². The zero-order chi connectivity index (χ0) is 19.8. The van der Waals surface area contributed by atoms with Crippen LogP contribution in [0, 0.1) is 0 Å². The number of carbonyl (C=O) groups is 1. The molecule has 6 heteroatoms. The number of nitrogens with one attached hydrogen (secondary N) is 1. The van der Waals surface area contributed by atoms with Gasteiger partial charge >= 0.3 is 5.97 Å². The van der Waals surface area contributed by atoms with Crippen molar-refractivity contribution in [1.82, 2.24) is 10.3 Å². The van der Waals surface area contributed by atoms with E-state index >= 15 is 0 Å². The summed E-state index contributed by atoms with van der Waals surface area (Å²) >= 11 is 0. The molecule has 1 unspecified atom stereocenters. The third-order valence-corrected chi connectivity index (χ3v) is 4.54. The molecule has 6 nitrogen and oxygen atoms in total. The van der Waals surface area contributed by atoms with Crippen molar-refractivity contribution in [2.45, 2.75) is 59.1 Å². The lowest BCUT2D eigenvalue weighted by molar-refractivity contribution is -0.143. The highest BCUT2D eigenvalue weighted by Gasteiger charge is 2.40. The number of carbonyl (C=O) groups excluding carboxylic acids is 1. The van der Waals surface area contributed by atoms with Crippen LogP contribution in [0.3, 0.4) is 0 Å². The molecule has 144 valence electrons. The van der Waals surface area contributed by atoms with Gasteiger partial charge in [-0.05, 0) is 53.2 Å². The number of dihydropyridines is 1. The second-order valence-electron chi connectivity index (χ2n) is 7.89. The molecule has 0 bridgehead atoms. The summed E-state index contributed by atoms with van der Waals surface area (Å²) in [7, 11) is 0. The van der Waals surface area contributed by atoms with Crippen molar-refractivity contribution in [2.75, 3.05) is 6.61 Å². The lowest BCUT2D eigenvalue weighted by Crippen LogP contribution is -2.32. The Morgan fingerprint density at radius 2 is 2.07 bits per heavy atom. The number of ether oxygens (including phenoxy) is 2. The molecular formula is C21H27N3O3. The van der Waals surface area contributed by atoms with E-state index in [1.807, 2.05) is 53.7 Å². The van der Waals surface area contributed by atoms with E-state index in [-0.39, 0.29) is 23.5 Å². The summed E-state index contributed by atoms with van der Waals surface area (Å²) in [6.07, 6.45) is 3.29. The Morgan fingerprint density at radius 3 is 2.63 bits per heavy atom. The minimum absolute atomic E-state index is 0.207. The molecule has 1 aromatic rings. The molecule has 0 aliphatic carbocycles. The third kappa shape index (κ3) is 3.89. The van der Waals surface area contributed by atoms with Crippen molar-refractivity contribution in [2.24, 2.45) is 4.99 Å². The predicted molar refractivity (Wildman–Crippen MR) is 104 cm³/mol. The fraction of sp³-hybridized carbons (Fsp3) is 0.476. The summed E-state index contributed by atoms with van der Waals surface area (Å²) < 4.78 is 11.5. The quantitative estimate of drug-likeness (QED) is 0.823. The molecule has 1 atom stereocenters. The van der Waals surface area contributed by atoms with Gasteiger partial charge in [-0.3, -0.25) is 4.98 Å². The Kier molecular flexibility index (Phi) is 5.09. The maximum absolute atomic E-state index is 13.0. The van der Waals surface area contributed by atoms with Crippen LogP contribution in [0.15, 0.2) is 52.1 Å². The Hall–Kier alpha value is -2.63. The molecule has 2 aliphatic rings. The number of aromatic nitrogens is 1. The molecule has 3 rings (SSSR count). The summed E-state index contributed by atoms with van der Waals surface area (Å²) in [6.45, 7) is 12.1. The highest BCUT2D eigenvalue weighted by molar-refractivity contribution is 6.02. The average Bonchev–Trinajstić information content (AvgIpc) is 2.93. The van der Waals surface area contributed by atoms with Gasteiger partial charge in [-0.2, -0.15) is 0 Å². The Labute approximate surface area is 160 Å². The van der Waals surface area contributed by atoms with Gasteiger partial charge in [0.1, 0.15) is 6.61 Å².